The quantitative estimate of drug-likeness (QED) is 0.708. The number of hydrogen-bond donors (Lipinski definition) is 2. The fourth-order valence-corrected chi connectivity index (χ4v) is 1.98. The van der Waals surface area contributed by atoms with Crippen LogP contribution in [0.5, 0.6) is 0 Å². The average Bonchev–Trinajstić information content (AvgIpc) is 2.25. The van der Waals surface area contributed by atoms with E-state index in [4.69, 9.17) is 9.84 Å². The molecule has 0 radical (unpaired) electrons. The molecule has 1 aliphatic heterocycles. The molecule has 0 amide bonds. The Morgan fingerprint density at radius 1 is 1.53 bits per heavy atom. The van der Waals surface area contributed by atoms with Crippen LogP contribution in [-0.4, -0.2) is 60.9 Å². The molecule has 1 saturated heterocycles. The van der Waals surface area contributed by atoms with Crippen molar-refractivity contribution in [2.45, 2.75) is 32.9 Å². The Labute approximate surface area is 103 Å². The van der Waals surface area contributed by atoms with Gasteiger partial charge in [0.1, 0.15) is 6.04 Å². The molecular formula is C12H24N2O3. The summed E-state index contributed by atoms with van der Waals surface area (Å²) in [6.07, 6.45) is 0.101. The van der Waals surface area contributed by atoms with Gasteiger partial charge in [0.05, 0.1) is 12.7 Å². The molecule has 1 heterocycles. The van der Waals surface area contributed by atoms with Gasteiger partial charge in [-0.15, -0.1) is 0 Å². The minimum absolute atomic E-state index is 0.101. The Bertz CT molecular complexity index is 246. The van der Waals surface area contributed by atoms with Crippen molar-refractivity contribution in [3.63, 3.8) is 0 Å². The summed E-state index contributed by atoms with van der Waals surface area (Å²) in [5, 5.41) is 11.7. The second kappa shape index (κ2) is 6.93. The van der Waals surface area contributed by atoms with E-state index in [2.05, 4.69) is 24.1 Å². The highest BCUT2D eigenvalue weighted by Crippen LogP contribution is 2.07. The topological polar surface area (TPSA) is 61.8 Å². The van der Waals surface area contributed by atoms with Gasteiger partial charge in [-0.2, -0.15) is 0 Å². The maximum absolute atomic E-state index is 10.7. The van der Waals surface area contributed by atoms with Crippen molar-refractivity contribution < 1.29 is 14.6 Å². The molecule has 2 unspecified atom stereocenters. The fraction of sp³-hybridized carbons (Fsp3) is 0.917. The number of rotatable bonds is 6. The zero-order chi connectivity index (χ0) is 12.8. The van der Waals surface area contributed by atoms with Crippen molar-refractivity contribution in [2.75, 3.05) is 32.8 Å². The molecule has 0 saturated carbocycles. The highest BCUT2D eigenvalue weighted by atomic mass is 16.5. The van der Waals surface area contributed by atoms with E-state index in [-0.39, 0.29) is 6.10 Å². The number of aliphatic carboxylic acids is 1. The molecule has 0 aromatic rings. The molecule has 0 aliphatic carbocycles. The maximum atomic E-state index is 10.7. The van der Waals surface area contributed by atoms with Crippen LogP contribution in [0, 0.1) is 5.92 Å². The third-order valence-corrected chi connectivity index (χ3v) is 2.87. The van der Waals surface area contributed by atoms with Crippen molar-refractivity contribution in [3.8, 4) is 0 Å². The lowest BCUT2D eigenvalue weighted by Crippen LogP contribution is -2.49. The molecule has 5 heteroatoms. The predicted octanol–water partition coefficient (Wildman–Crippen LogP) is 0.406. The second-order valence-corrected chi connectivity index (χ2v) is 5.11. The normalized spacial score (nSPS) is 23.9. The van der Waals surface area contributed by atoms with Gasteiger partial charge in [-0.3, -0.25) is 9.69 Å². The molecule has 17 heavy (non-hydrogen) atoms. The lowest BCUT2D eigenvalue weighted by atomic mass is 10.1. The van der Waals surface area contributed by atoms with Crippen LogP contribution in [-0.2, 0) is 9.53 Å². The number of carbonyl (C=O) groups is 1. The molecule has 0 aromatic heterocycles. The Morgan fingerprint density at radius 2 is 2.24 bits per heavy atom. The van der Waals surface area contributed by atoms with Crippen LogP contribution in [0.4, 0.5) is 0 Å². The van der Waals surface area contributed by atoms with Crippen molar-refractivity contribution in [3.05, 3.63) is 0 Å². The second-order valence-electron chi connectivity index (χ2n) is 5.11. The summed E-state index contributed by atoms with van der Waals surface area (Å²) in [6.45, 7) is 10.3. The van der Waals surface area contributed by atoms with E-state index in [0.717, 1.165) is 26.2 Å². The van der Waals surface area contributed by atoms with Gasteiger partial charge >= 0.3 is 5.97 Å². The van der Waals surface area contributed by atoms with Gasteiger partial charge in [0, 0.05) is 26.2 Å². The first-order chi connectivity index (χ1) is 7.99. The summed E-state index contributed by atoms with van der Waals surface area (Å²) in [5.41, 5.74) is 0. The zero-order valence-electron chi connectivity index (χ0n) is 11.0. The Balaban J connectivity index is 2.27. The first kappa shape index (κ1) is 14.4. The summed E-state index contributed by atoms with van der Waals surface area (Å²) in [4.78, 5) is 13.0. The summed E-state index contributed by atoms with van der Waals surface area (Å²) >= 11 is 0. The Kier molecular flexibility index (Phi) is 5.88. The molecule has 0 bridgehead atoms. The number of ether oxygens (including phenoxy) is 1. The fourth-order valence-electron chi connectivity index (χ4n) is 1.98. The largest absolute Gasteiger partial charge is 0.480 e. The van der Waals surface area contributed by atoms with Gasteiger partial charge in [-0.25, -0.2) is 0 Å². The highest BCUT2D eigenvalue weighted by molar-refractivity contribution is 5.72. The zero-order valence-corrected chi connectivity index (χ0v) is 11.0. The van der Waals surface area contributed by atoms with E-state index in [1.807, 2.05) is 0 Å². The number of nitrogens with one attached hydrogen (secondary N) is 1. The van der Waals surface area contributed by atoms with E-state index in [1.54, 1.807) is 6.92 Å². The van der Waals surface area contributed by atoms with Gasteiger partial charge in [0.2, 0.25) is 0 Å². The van der Waals surface area contributed by atoms with Gasteiger partial charge in [0.25, 0.3) is 0 Å². The summed E-state index contributed by atoms with van der Waals surface area (Å²) in [6, 6.07) is -0.515. The smallest absolute Gasteiger partial charge is 0.320 e. The molecule has 0 aromatic carbocycles. The van der Waals surface area contributed by atoms with Crippen LogP contribution >= 0.6 is 0 Å². The van der Waals surface area contributed by atoms with Gasteiger partial charge in [-0.1, -0.05) is 13.8 Å². The molecule has 2 atom stereocenters. The Morgan fingerprint density at radius 3 is 2.82 bits per heavy atom. The number of nitrogens with zero attached hydrogens (tertiary/aromatic N) is 1. The number of carboxylic acids is 1. The van der Waals surface area contributed by atoms with Crippen molar-refractivity contribution in [1.29, 1.82) is 0 Å². The van der Waals surface area contributed by atoms with Crippen LogP contribution in [0.3, 0.4) is 0 Å². The van der Waals surface area contributed by atoms with E-state index >= 15 is 0 Å². The van der Waals surface area contributed by atoms with Crippen LogP contribution in [0.2, 0.25) is 0 Å². The van der Waals surface area contributed by atoms with Gasteiger partial charge in [0.15, 0.2) is 0 Å². The average molecular weight is 244 g/mol. The lowest BCUT2D eigenvalue weighted by Gasteiger charge is -2.34. The van der Waals surface area contributed by atoms with Crippen molar-refractivity contribution in [2.24, 2.45) is 5.92 Å². The van der Waals surface area contributed by atoms with Crippen LogP contribution in [0.25, 0.3) is 0 Å². The molecule has 2 N–H and O–H groups in total. The Hall–Kier alpha value is -0.650. The van der Waals surface area contributed by atoms with Crippen molar-refractivity contribution >= 4 is 5.97 Å². The van der Waals surface area contributed by atoms with Gasteiger partial charge < -0.3 is 15.2 Å². The molecule has 5 nitrogen and oxygen atoms in total. The molecular weight excluding hydrogens is 220 g/mol. The van der Waals surface area contributed by atoms with Gasteiger partial charge in [-0.05, 0) is 12.8 Å². The van der Waals surface area contributed by atoms with E-state index in [1.165, 1.54) is 0 Å². The van der Waals surface area contributed by atoms with Crippen LogP contribution in [0.15, 0.2) is 0 Å². The summed E-state index contributed by atoms with van der Waals surface area (Å²) < 4.78 is 5.62. The number of morpholine rings is 1. The SMILES string of the molecule is CC(C)CN1CCOC(CNC(C)C(=O)O)C1. The summed E-state index contributed by atoms with van der Waals surface area (Å²) in [5.74, 6) is -0.167. The van der Waals surface area contributed by atoms with Crippen LogP contribution < -0.4 is 5.32 Å². The first-order valence-corrected chi connectivity index (χ1v) is 6.29. The minimum Gasteiger partial charge on any atom is -0.480 e. The summed E-state index contributed by atoms with van der Waals surface area (Å²) in [7, 11) is 0. The predicted molar refractivity (Wildman–Crippen MR) is 66.1 cm³/mol. The molecule has 1 fully saturated rings. The molecule has 100 valence electrons. The highest BCUT2D eigenvalue weighted by Gasteiger charge is 2.22. The van der Waals surface area contributed by atoms with E-state index in [0.29, 0.717) is 12.5 Å². The first-order valence-electron chi connectivity index (χ1n) is 6.29. The standard InChI is InChI=1S/C12H24N2O3/c1-9(2)7-14-4-5-17-11(8-14)6-13-10(3)12(15)16/h9-11,13H,4-8H2,1-3H3,(H,15,16). The van der Waals surface area contributed by atoms with E-state index in [9.17, 15) is 4.79 Å². The lowest BCUT2D eigenvalue weighted by molar-refractivity contribution is -0.139. The maximum Gasteiger partial charge on any atom is 0.320 e. The number of carboxylic acid groups (broad SMARTS) is 1. The third-order valence-electron chi connectivity index (χ3n) is 2.87. The number of hydrogen-bond acceptors (Lipinski definition) is 4. The van der Waals surface area contributed by atoms with Crippen LogP contribution in [0.1, 0.15) is 20.8 Å². The molecule has 0 spiro atoms. The minimum atomic E-state index is -0.820. The van der Waals surface area contributed by atoms with E-state index < -0.39 is 12.0 Å². The molecule has 1 aliphatic rings. The third kappa shape index (κ3) is 5.48. The molecule has 1 rings (SSSR count). The van der Waals surface area contributed by atoms with Crippen molar-refractivity contribution in [1.82, 2.24) is 10.2 Å². The monoisotopic (exact) mass is 244 g/mol.